The molecule has 0 fully saturated rings. The number of phosphoric acid groups is 1. The van der Waals surface area contributed by atoms with Crippen molar-refractivity contribution in [3.05, 3.63) is 48.5 Å². The summed E-state index contributed by atoms with van der Waals surface area (Å²) in [6, 6.07) is 12.3. The Morgan fingerprint density at radius 1 is 0.674 bits per heavy atom. The normalized spacial score (nSPS) is 12.4. The largest absolute Gasteiger partial charge is 0.524 e. The Hall–Kier alpha value is -3.68. The van der Waals surface area contributed by atoms with E-state index in [1.54, 1.807) is 41.3 Å². The first-order valence-corrected chi connectivity index (χ1v) is 15.3. The SMILES string of the molecule is O=C(O)CN(CCN(CC(=O)O)CC(COc1ccc(-c2ccc(OP(=O)(O)O)cc2)cc1)N(CCOO)CCOO)CC(=O)O. The lowest BCUT2D eigenvalue weighted by Crippen LogP contribution is -2.51. The Morgan fingerprint density at radius 3 is 1.54 bits per heavy atom. The van der Waals surface area contributed by atoms with E-state index < -0.39 is 51.4 Å². The van der Waals surface area contributed by atoms with E-state index in [1.807, 2.05) is 0 Å². The molecular weight excluding hydrogens is 637 g/mol. The van der Waals surface area contributed by atoms with Crippen LogP contribution in [0, 0.1) is 0 Å². The molecule has 46 heavy (non-hydrogen) atoms. The minimum Gasteiger partial charge on any atom is -0.492 e. The van der Waals surface area contributed by atoms with E-state index in [0.717, 1.165) is 16.0 Å². The fourth-order valence-electron chi connectivity index (χ4n) is 4.45. The number of benzene rings is 2. The Morgan fingerprint density at radius 2 is 1.11 bits per heavy atom. The van der Waals surface area contributed by atoms with E-state index in [-0.39, 0.29) is 58.3 Å². The van der Waals surface area contributed by atoms with Crippen molar-refractivity contribution in [1.82, 2.24) is 14.7 Å². The lowest BCUT2D eigenvalue weighted by Gasteiger charge is -2.35. The van der Waals surface area contributed by atoms with E-state index in [9.17, 15) is 24.1 Å². The monoisotopic (exact) mass is 675 g/mol. The topological polar surface area (TPSA) is 257 Å². The van der Waals surface area contributed by atoms with Crippen LogP contribution in [-0.2, 0) is 28.7 Å². The van der Waals surface area contributed by atoms with Crippen LogP contribution in [0.3, 0.4) is 0 Å². The van der Waals surface area contributed by atoms with E-state index in [0.29, 0.717) is 5.75 Å². The molecule has 2 aromatic rings. The van der Waals surface area contributed by atoms with Gasteiger partial charge in [0.05, 0.1) is 38.9 Å². The molecule has 18 nitrogen and oxygen atoms in total. The maximum atomic E-state index is 11.7. The van der Waals surface area contributed by atoms with Gasteiger partial charge in [0.25, 0.3) is 0 Å². The van der Waals surface area contributed by atoms with Gasteiger partial charge in [0, 0.05) is 32.7 Å². The minimum absolute atomic E-state index is 0.000694. The van der Waals surface area contributed by atoms with Gasteiger partial charge in [0.2, 0.25) is 0 Å². The molecule has 0 radical (unpaired) electrons. The predicted molar refractivity (Wildman–Crippen MR) is 158 cm³/mol. The van der Waals surface area contributed by atoms with Gasteiger partial charge in [-0.15, -0.1) is 0 Å². The standard InChI is InChI=1S/C27H38N3O15P/c31-25(32)16-28(9-10-29(17-26(33)34)18-27(35)36)15-22(30(11-13-43-37)12-14-44-38)19-42-23-5-1-20(2-6-23)21-3-7-24(8-4-21)45-46(39,40)41/h1-8,22,37-38H,9-19H2,(H,31,32)(H,33,34)(H,35,36)(H2,39,40,41). The van der Waals surface area contributed by atoms with Crippen LogP contribution < -0.4 is 9.26 Å². The van der Waals surface area contributed by atoms with Crippen LogP contribution in [0.25, 0.3) is 11.1 Å². The van der Waals surface area contributed by atoms with Crippen LogP contribution in [0.5, 0.6) is 11.5 Å². The molecule has 0 saturated carbocycles. The van der Waals surface area contributed by atoms with Gasteiger partial charge in [-0.2, -0.15) is 0 Å². The first kappa shape index (κ1) is 38.5. The summed E-state index contributed by atoms with van der Waals surface area (Å²) in [5.41, 5.74) is 1.49. The second-order valence-corrected chi connectivity index (χ2v) is 11.1. The summed E-state index contributed by atoms with van der Waals surface area (Å²) in [6.45, 7) is -1.66. The van der Waals surface area contributed by atoms with E-state index >= 15 is 0 Å². The molecule has 0 spiro atoms. The van der Waals surface area contributed by atoms with Gasteiger partial charge in [0.15, 0.2) is 0 Å². The highest BCUT2D eigenvalue weighted by Gasteiger charge is 2.25. The van der Waals surface area contributed by atoms with Crippen LogP contribution in [0.2, 0.25) is 0 Å². The molecule has 0 aliphatic heterocycles. The molecule has 0 heterocycles. The summed E-state index contributed by atoms with van der Waals surface area (Å²) in [6.07, 6.45) is 0. The van der Waals surface area contributed by atoms with Gasteiger partial charge in [-0.3, -0.25) is 49.4 Å². The highest BCUT2D eigenvalue weighted by Crippen LogP contribution is 2.38. The van der Waals surface area contributed by atoms with Crippen molar-refractivity contribution in [3.8, 4) is 22.6 Å². The average Bonchev–Trinajstić information content (AvgIpc) is 2.97. The maximum absolute atomic E-state index is 11.7. The third-order valence-corrected chi connectivity index (χ3v) is 6.89. The highest BCUT2D eigenvalue weighted by atomic mass is 31.2. The number of carboxylic acid groups (broad SMARTS) is 3. The van der Waals surface area contributed by atoms with Crippen LogP contribution in [0.4, 0.5) is 0 Å². The van der Waals surface area contributed by atoms with Gasteiger partial charge in [0.1, 0.15) is 18.1 Å². The van der Waals surface area contributed by atoms with E-state index in [1.165, 1.54) is 17.0 Å². The number of carboxylic acids is 3. The lowest BCUT2D eigenvalue weighted by atomic mass is 10.1. The van der Waals surface area contributed by atoms with Gasteiger partial charge in [-0.1, -0.05) is 24.3 Å². The van der Waals surface area contributed by atoms with Crippen LogP contribution >= 0.6 is 7.82 Å². The predicted octanol–water partition coefficient (Wildman–Crippen LogP) is 0.712. The molecule has 2 aromatic carbocycles. The molecule has 0 aliphatic carbocycles. The molecule has 256 valence electrons. The van der Waals surface area contributed by atoms with Crippen molar-refractivity contribution in [3.63, 3.8) is 0 Å². The van der Waals surface area contributed by atoms with Crippen molar-refractivity contribution >= 4 is 25.7 Å². The zero-order valence-corrected chi connectivity index (χ0v) is 25.6. The fraction of sp³-hybridized carbons (Fsp3) is 0.444. The first-order chi connectivity index (χ1) is 21.8. The second kappa shape index (κ2) is 19.7. The molecule has 0 amide bonds. The van der Waals surface area contributed by atoms with Crippen LogP contribution in [0.1, 0.15) is 0 Å². The molecule has 7 N–H and O–H groups in total. The number of hydrogen-bond donors (Lipinski definition) is 7. The molecule has 1 unspecified atom stereocenters. The Labute approximate surface area is 263 Å². The van der Waals surface area contributed by atoms with Gasteiger partial charge in [-0.25, -0.2) is 14.3 Å². The summed E-state index contributed by atoms with van der Waals surface area (Å²) in [4.78, 5) is 64.8. The van der Waals surface area contributed by atoms with E-state index in [2.05, 4.69) is 14.3 Å². The number of ether oxygens (including phenoxy) is 1. The molecule has 0 aliphatic rings. The molecule has 0 saturated heterocycles. The third kappa shape index (κ3) is 15.5. The van der Waals surface area contributed by atoms with Gasteiger partial charge in [-0.05, 0) is 35.4 Å². The zero-order valence-electron chi connectivity index (χ0n) is 24.7. The minimum atomic E-state index is -4.69. The number of nitrogens with zero attached hydrogens (tertiary/aromatic N) is 3. The Bertz CT molecular complexity index is 1250. The Balaban J connectivity index is 2.22. The molecule has 19 heteroatoms. The van der Waals surface area contributed by atoms with Crippen LogP contribution in [-0.4, -0.2) is 146 Å². The number of carbonyl (C=O) groups is 3. The van der Waals surface area contributed by atoms with E-state index in [4.69, 9.17) is 35.3 Å². The summed E-state index contributed by atoms with van der Waals surface area (Å²) >= 11 is 0. The van der Waals surface area contributed by atoms with Crippen molar-refractivity contribution in [2.45, 2.75) is 6.04 Å². The average molecular weight is 676 g/mol. The number of rotatable bonds is 24. The maximum Gasteiger partial charge on any atom is 0.524 e. The highest BCUT2D eigenvalue weighted by molar-refractivity contribution is 7.46. The van der Waals surface area contributed by atoms with Crippen molar-refractivity contribution in [1.29, 1.82) is 0 Å². The smallest absolute Gasteiger partial charge is 0.492 e. The lowest BCUT2D eigenvalue weighted by molar-refractivity contribution is -0.253. The molecule has 1 atom stereocenters. The molecular formula is C27H38N3O15P. The number of aliphatic carboxylic acids is 3. The summed E-state index contributed by atoms with van der Waals surface area (Å²) in [5.74, 6) is -3.23. The quantitative estimate of drug-likeness (QED) is 0.0459. The van der Waals surface area contributed by atoms with Gasteiger partial charge >= 0.3 is 25.7 Å². The van der Waals surface area contributed by atoms with Crippen LogP contribution in [0.15, 0.2) is 48.5 Å². The fourth-order valence-corrected chi connectivity index (χ4v) is 4.85. The number of phosphoric ester groups is 1. The molecule has 0 aromatic heterocycles. The Kier molecular flexibility index (Phi) is 16.5. The molecule has 0 bridgehead atoms. The molecule has 2 rings (SSSR count). The van der Waals surface area contributed by atoms with Crippen molar-refractivity contribution in [2.75, 3.05) is 72.2 Å². The van der Waals surface area contributed by atoms with Gasteiger partial charge < -0.3 is 24.6 Å². The summed E-state index contributed by atoms with van der Waals surface area (Å²) < 4.78 is 21.6. The zero-order chi connectivity index (χ0) is 34.1. The summed E-state index contributed by atoms with van der Waals surface area (Å²) in [5, 5.41) is 45.7. The first-order valence-electron chi connectivity index (χ1n) is 13.7. The van der Waals surface area contributed by atoms with Crippen molar-refractivity contribution in [2.24, 2.45) is 0 Å². The third-order valence-electron chi connectivity index (χ3n) is 6.44. The number of hydrogen-bond acceptors (Lipinski definition) is 13. The second-order valence-electron chi connectivity index (χ2n) is 9.92. The summed E-state index contributed by atoms with van der Waals surface area (Å²) in [7, 11) is -4.69. The van der Waals surface area contributed by atoms with Crippen molar-refractivity contribution < 1.29 is 73.6 Å².